The molecule has 1 aromatic rings. The lowest BCUT2D eigenvalue weighted by Crippen LogP contribution is -2.28. The maximum Gasteiger partial charge on any atom is 0.250 e. The van der Waals surface area contributed by atoms with Gasteiger partial charge in [-0.15, -0.1) is 0 Å². The molecule has 4 nitrogen and oxygen atoms in total. The first kappa shape index (κ1) is 13.7. The van der Waals surface area contributed by atoms with E-state index < -0.39 is 5.91 Å². The molecule has 0 aromatic heterocycles. The van der Waals surface area contributed by atoms with E-state index >= 15 is 0 Å². The fourth-order valence-electron chi connectivity index (χ4n) is 2.98. The SMILES string of the molecule is CC1CC(C)CC(Oc2ccc(N)c(C(N)=O)c2)C1. The monoisotopic (exact) mass is 262 g/mol. The zero-order chi connectivity index (χ0) is 14.0. The number of benzene rings is 1. The van der Waals surface area contributed by atoms with Crippen LogP contribution < -0.4 is 16.2 Å². The Kier molecular flexibility index (Phi) is 3.98. The van der Waals surface area contributed by atoms with E-state index in [9.17, 15) is 4.79 Å². The zero-order valence-electron chi connectivity index (χ0n) is 11.6. The molecule has 1 aliphatic rings. The Labute approximate surface area is 114 Å². The molecule has 0 aliphatic heterocycles. The zero-order valence-corrected chi connectivity index (χ0v) is 11.6. The third-order valence-corrected chi connectivity index (χ3v) is 3.73. The van der Waals surface area contributed by atoms with Crippen LogP contribution in [-0.2, 0) is 0 Å². The second-order valence-corrected chi connectivity index (χ2v) is 5.77. The maximum absolute atomic E-state index is 11.3. The van der Waals surface area contributed by atoms with E-state index in [1.165, 1.54) is 6.42 Å². The first-order valence-electron chi connectivity index (χ1n) is 6.81. The lowest BCUT2D eigenvalue weighted by Gasteiger charge is -2.31. The van der Waals surface area contributed by atoms with Gasteiger partial charge in [0, 0.05) is 5.69 Å². The van der Waals surface area contributed by atoms with Crippen LogP contribution in [0.25, 0.3) is 0 Å². The summed E-state index contributed by atoms with van der Waals surface area (Å²) in [5, 5.41) is 0. The standard InChI is InChI=1S/C15H22N2O2/c1-9-5-10(2)7-12(6-9)19-11-3-4-14(16)13(8-11)15(17)18/h3-4,8-10,12H,5-7,16H2,1-2H3,(H2,17,18). The summed E-state index contributed by atoms with van der Waals surface area (Å²) in [6.07, 6.45) is 3.58. The van der Waals surface area contributed by atoms with Crippen LogP contribution in [0.5, 0.6) is 5.75 Å². The van der Waals surface area contributed by atoms with Crippen molar-refractivity contribution in [2.24, 2.45) is 17.6 Å². The van der Waals surface area contributed by atoms with Gasteiger partial charge in [0.15, 0.2) is 0 Å². The van der Waals surface area contributed by atoms with Gasteiger partial charge in [-0.1, -0.05) is 13.8 Å². The van der Waals surface area contributed by atoms with Gasteiger partial charge >= 0.3 is 0 Å². The van der Waals surface area contributed by atoms with Gasteiger partial charge in [-0.3, -0.25) is 4.79 Å². The quantitative estimate of drug-likeness (QED) is 0.822. The summed E-state index contributed by atoms with van der Waals surface area (Å²) in [4.78, 5) is 11.3. The number of hydrogen-bond donors (Lipinski definition) is 2. The Morgan fingerprint density at radius 3 is 2.42 bits per heavy atom. The highest BCUT2D eigenvalue weighted by Gasteiger charge is 2.25. The molecule has 4 heteroatoms. The Bertz CT molecular complexity index is 463. The molecule has 0 spiro atoms. The van der Waals surface area contributed by atoms with E-state index in [-0.39, 0.29) is 6.10 Å². The van der Waals surface area contributed by atoms with Gasteiger partial charge in [-0.2, -0.15) is 0 Å². The average Bonchev–Trinajstić information content (AvgIpc) is 2.30. The summed E-state index contributed by atoms with van der Waals surface area (Å²) in [5.41, 5.74) is 11.7. The molecule has 1 aliphatic carbocycles. The van der Waals surface area contributed by atoms with Crippen molar-refractivity contribution in [2.75, 3.05) is 5.73 Å². The van der Waals surface area contributed by atoms with Crippen LogP contribution in [0.2, 0.25) is 0 Å². The number of anilines is 1. The van der Waals surface area contributed by atoms with Crippen molar-refractivity contribution < 1.29 is 9.53 Å². The van der Waals surface area contributed by atoms with Crippen molar-refractivity contribution in [3.8, 4) is 5.75 Å². The van der Waals surface area contributed by atoms with Crippen LogP contribution in [0.1, 0.15) is 43.5 Å². The molecule has 1 aromatic carbocycles. The first-order valence-corrected chi connectivity index (χ1v) is 6.81. The molecule has 0 saturated heterocycles. The molecule has 19 heavy (non-hydrogen) atoms. The molecule has 1 amide bonds. The normalized spacial score (nSPS) is 26.9. The van der Waals surface area contributed by atoms with E-state index in [2.05, 4.69) is 13.8 Å². The number of carbonyl (C=O) groups is 1. The van der Waals surface area contributed by atoms with Gasteiger partial charge in [-0.25, -0.2) is 0 Å². The number of hydrogen-bond acceptors (Lipinski definition) is 3. The van der Waals surface area contributed by atoms with Gasteiger partial charge in [0.05, 0.1) is 11.7 Å². The van der Waals surface area contributed by atoms with Crippen LogP contribution in [0, 0.1) is 11.8 Å². The van der Waals surface area contributed by atoms with Crippen LogP contribution in [0.4, 0.5) is 5.69 Å². The second-order valence-electron chi connectivity index (χ2n) is 5.77. The Morgan fingerprint density at radius 2 is 1.84 bits per heavy atom. The third kappa shape index (κ3) is 3.40. The third-order valence-electron chi connectivity index (χ3n) is 3.73. The van der Waals surface area contributed by atoms with Crippen molar-refractivity contribution in [3.05, 3.63) is 23.8 Å². The fraction of sp³-hybridized carbons (Fsp3) is 0.533. The minimum absolute atomic E-state index is 0.211. The van der Waals surface area contributed by atoms with Crippen molar-refractivity contribution >= 4 is 11.6 Å². The lowest BCUT2D eigenvalue weighted by molar-refractivity contribution is 0.0979. The fourth-order valence-corrected chi connectivity index (χ4v) is 2.98. The molecule has 2 unspecified atom stereocenters. The van der Waals surface area contributed by atoms with Gasteiger partial charge in [0.1, 0.15) is 5.75 Å². The van der Waals surface area contributed by atoms with Gasteiger partial charge in [-0.05, 0) is 49.3 Å². The van der Waals surface area contributed by atoms with E-state index in [4.69, 9.17) is 16.2 Å². The number of amides is 1. The molecule has 0 heterocycles. The Hall–Kier alpha value is -1.71. The van der Waals surface area contributed by atoms with E-state index in [0.29, 0.717) is 28.8 Å². The molecule has 0 bridgehead atoms. The van der Waals surface area contributed by atoms with Gasteiger partial charge in [0.2, 0.25) is 0 Å². The van der Waals surface area contributed by atoms with Gasteiger partial charge in [0.25, 0.3) is 5.91 Å². The minimum atomic E-state index is -0.520. The molecule has 0 radical (unpaired) electrons. The predicted molar refractivity (Wildman–Crippen MR) is 76.0 cm³/mol. The molecule has 104 valence electrons. The summed E-state index contributed by atoms with van der Waals surface area (Å²) in [5.74, 6) is 1.51. The molecule has 2 atom stereocenters. The number of rotatable bonds is 3. The molecule has 2 rings (SSSR count). The lowest BCUT2D eigenvalue weighted by atomic mass is 9.82. The highest BCUT2D eigenvalue weighted by atomic mass is 16.5. The smallest absolute Gasteiger partial charge is 0.250 e. The van der Waals surface area contributed by atoms with E-state index in [1.807, 2.05) is 0 Å². The van der Waals surface area contributed by atoms with E-state index in [0.717, 1.165) is 12.8 Å². The summed E-state index contributed by atoms with van der Waals surface area (Å²) < 4.78 is 5.98. The number of nitrogens with two attached hydrogens (primary N) is 2. The Balaban J connectivity index is 2.10. The molecule has 1 saturated carbocycles. The number of primary amides is 1. The summed E-state index contributed by atoms with van der Waals surface area (Å²) in [6, 6.07) is 5.11. The summed E-state index contributed by atoms with van der Waals surface area (Å²) >= 11 is 0. The molecular formula is C15H22N2O2. The first-order chi connectivity index (χ1) is 8.95. The highest BCUT2D eigenvalue weighted by molar-refractivity contribution is 5.98. The number of ether oxygens (including phenoxy) is 1. The number of carbonyl (C=O) groups excluding carboxylic acids is 1. The van der Waals surface area contributed by atoms with Crippen molar-refractivity contribution in [1.29, 1.82) is 0 Å². The summed E-state index contributed by atoms with van der Waals surface area (Å²) in [7, 11) is 0. The summed E-state index contributed by atoms with van der Waals surface area (Å²) in [6.45, 7) is 4.51. The van der Waals surface area contributed by atoms with Crippen molar-refractivity contribution in [2.45, 2.75) is 39.2 Å². The molecule has 4 N–H and O–H groups in total. The second kappa shape index (κ2) is 5.51. The predicted octanol–water partition coefficient (Wildman–Crippen LogP) is 2.57. The molecular weight excluding hydrogens is 240 g/mol. The van der Waals surface area contributed by atoms with Crippen molar-refractivity contribution in [3.63, 3.8) is 0 Å². The van der Waals surface area contributed by atoms with Crippen LogP contribution in [0.3, 0.4) is 0 Å². The highest BCUT2D eigenvalue weighted by Crippen LogP contribution is 2.32. The van der Waals surface area contributed by atoms with Crippen LogP contribution in [0.15, 0.2) is 18.2 Å². The molecule has 1 fully saturated rings. The number of nitrogen functional groups attached to an aromatic ring is 1. The van der Waals surface area contributed by atoms with Crippen LogP contribution in [-0.4, -0.2) is 12.0 Å². The topological polar surface area (TPSA) is 78.3 Å². The van der Waals surface area contributed by atoms with Crippen molar-refractivity contribution in [1.82, 2.24) is 0 Å². The van der Waals surface area contributed by atoms with Crippen LogP contribution >= 0.6 is 0 Å². The van der Waals surface area contributed by atoms with E-state index in [1.54, 1.807) is 18.2 Å². The minimum Gasteiger partial charge on any atom is -0.490 e. The average molecular weight is 262 g/mol. The largest absolute Gasteiger partial charge is 0.490 e. The van der Waals surface area contributed by atoms with Gasteiger partial charge < -0.3 is 16.2 Å². The maximum atomic E-state index is 11.3. The Morgan fingerprint density at radius 1 is 1.21 bits per heavy atom.